The molecule has 0 fully saturated rings. The average Bonchev–Trinajstić information content (AvgIpc) is 3.81. The second-order valence-electron chi connectivity index (χ2n) is 14.5. The lowest BCUT2D eigenvalue weighted by atomic mass is 9.59. The summed E-state index contributed by atoms with van der Waals surface area (Å²) < 4.78 is 13.1. The van der Waals surface area contributed by atoms with Gasteiger partial charge in [-0.3, -0.25) is 0 Å². The highest BCUT2D eigenvalue weighted by Gasteiger charge is 2.21. The molecule has 0 aliphatic rings. The van der Waals surface area contributed by atoms with Crippen LogP contribution >= 0.6 is 0 Å². The largest absolute Gasteiger partial charge is 0.455 e. The van der Waals surface area contributed by atoms with E-state index in [9.17, 15) is 0 Å². The van der Waals surface area contributed by atoms with E-state index in [1.54, 1.807) is 0 Å². The highest BCUT2D eigenvalue weighted by Crippen LogP contribution is 2.39. The van der Waals surface area contributed by atoms with E-state index in [0.29, 0.717) is 17.5 Å². The van der Waals surface area contributed by atoms with E-state index in [4.69, 9.17) is 23.8 Å². The number of aromatic nitrogens is 3. The molecule has 0 radical (unpaired) electrons. The number of hydrogen-bond acceptors (Lipinski definition) is 5. The minimum atomic E-state index is 0.532. The number of nitrogens with zero attached hydrogens (tertiary/aromatic N) is 3. The maximum absolute atomic E-state index is 6.65. The predicted octanol–water partition coefficient (Wildman–Crippen LogP) is 3.30. The average molecular weight is 701 g/mol. The van der Waals surface area contributed by atoms with Crippen molar-refractivity contribution in [1.82, 2.24) is 15.0 Å². The molecule has 0 aliphatic heterocycles. The summed E-state index contributed by atoms with van der Waals surface area (Å²) in [5.74, 6) is 1.65. The second-order valence-corrected chi connectivity index (χ2v) is 14.5. The SMILES string of the molecule is Bc1c(B)c(B)c(-c2ccc(-c3ccc4oc5c(-c6nc(-c7ccccc7)nc(-c7cccc8c7oc7ccccc78)n6)cccc5c4c3)cc2)c(B)c1B. The molecule has 0 amide bonds. The standard InChI is InChI=1S/C45H32B5N3O2/c46-36-35(37(47)39(49)40(50)38(36)48)24-18-16-23(17-19-24)26-20-21-34-32(22-26)29-12-7-14-31(42(29)55-34)45-52-43(25-8-2-1-3-9-25)51-44(53-45)30-13-6-11-28-27-10-4-5-15-33(27)54-41(28)30/h1-22H,46-50H2. The van der Waals surface area contributed by atoms with Crippen molar-refractivity contribution in [2.75, 3.05) is 0 Å². The third-order valence-corrected chi connectivity index (χ3v) is 11.6. The summed E-state index contributed by atoms with van der Waals surface area (Å²) in [5, 5.41) is 4.12. The van der Waals surface area contributed by atoms with E-state index in [1.165, 1.54) is 38.4 Å². The fourth-order valence-electron chi connectivity index (χ4n) is 8.17. The Balaban J connectivity index is 1.10. The number of benzene rings is 7. The normalized spacial score (nSPS) is 11.6. The first-order chi connectivity index (χ1) is 26.8. The van der Waals surface area contributed by atoms with Crippen LogP contribution in [-0.2, 0) is 0 Å². The van der Waals surface area contributed by atoms with Gasteiger partial charge in [0.05, 0.1) is 11.1 Å². The van der Waals surface area contributed by atoms with Crippen LogP contribution in [0.25, 0.3) is 100 Å². The minimum absolute atomic E-state index is 0.532. The first-order valence-electron chi connectivity index (χ1n) is 18.7. The van der Waals surface area contributed by atoms with E-state index < -0.39 is 0 Å². The fourth-order valence-corrected chi connectivity index (χ4v) is 8.17. The summed E-state index contributed by atoms with van der Waals surface area (Å²) in [6.45, 7) is 0. The molecule has 5 nitrogen and oxygen atoms in total. The van der Waals surface area contributed by atoms with Gasteiger partial charge in [0.25, 0.3) is 0 Å². The molecule has 10 aromatic rings. The highest BCUT2D eigenvalue weighted by atomic mass is 16.3. The fraction of sp³-hybridized carbons (Fsp3) is 0. The van der Waals surface area contributed by atoms with Gasteiger partial charge in [0.2, 0.25) is 0 Å². The molecule has 0 unspecified atom stereocenters. The first-order valence-corrected chi connectivity index (χ1v) is 18.7. The number of para-hydroxylation sites is 3. The predicted molar refractivity (Wildman–Crippen MR) is 242 cm³/mol. The van der Waals surface area contributed by atoms with Crippen molar-refractivity contribution in [3.05, 3.63) is 133 Å². The molecular weight excluding hydrogens is 669 g/mol. The molecule has 0 saturated carbocycles. The number of furan rings is 2. The summed E-state index contributed by atoms with van der Waals surface area (Å²) in [6, 6.07) is 45.8. The third-order valence-electron chi connectivity index (χ3n) is 11.6. The minimum Gasteiger partial charge on any atom is -0.455 e. The Bertz CT molecular complexity index is 3130. The van der Waals surface area contributed by atoms with Gasteiger partial charge in [-0.05, 0) is 52.6 Å². The van der Waals surface area contributed by atoms with Gasteiger partial charge in [-0.1, -0.05) is 114 Å². The smallest absolute Gasteiger partial charge is 0.167 e. The van der Waals surface area contributed by atoms with Crippen LogP contribution in [0.5, 0.6) is 0 Å². The van der Waals surface area contributed by atoms with Crippen LogP contribution in [0.2, 0.25) is 0 Å². The summed E-state index contributed by atoms with van der Waals surface area (Å²) in [7, 11) is 11.2. The maximum Gasteiger partial charge on any atom is 0.167 e. The van der Waals surface area contributed by atoms with E-state index >= 15 is 0 Å². The van der Waals surface area contributed by atoms with Crippen molar-refractivity contribution in [2.24, 2.45) is 0 Å². The zero-order chi connectivity index (χ0) is 37.4. The summed E-state index contributed by atoms with van der Waals surface area (Å²) in [6.07, 6.45) is 0. The lowest BCUT2D eigenvalue weighted by Gasteiger charge is -2.20. The summed E-state index contributed by atoms with van der Waals surface area (Å²) >= 11 is 0. The lowest BCUT2D eigenvalue weighted by molar-refractivity contribution is 0.669. The van der Waals surface area contributed by atoms with Crippen molar-refractivity contribution in [1.29, 1.82) is 0 Å². The van der Waals surface area contributed by atoms with E-state index in [-0.39, 0.29) is 0 Å². The van der Waals surface area contributed by atoms with Gasteiger partial charge in [-0.15, -0.1) is 16.4 Å². The molecule has 3 heterocycles. The van der Waals surface area contributed by atoms with Gasteiger partial charge in [0.15, 0.2) is 17.5 Å². The molecule has 0 saturated heterocycles. The van der Waals surface area contributed by atoms with Gasteiger partial charge in [-0.25, -0.2) is 15.0 Å². The van der Waals surface area contributed by atoms with Crippen LogP contribution in [0, 0.1) is 0 Å². The third kappa shape index (κ3) is 5.35. The molecule has 55 heavy (non-hydrogen) atoms. The molecule has 0 bridgehead atoms. The molecule has 10 rings (SSSR count). The monoisotopic (exact) mass is 701 g/mol. The molecule has 7 aromatic carbocycles. The Labute approximate surface area is 322 Å². The summed E-state index contributed by atoms with van der Waals surface area (Å²) in [4.78, 5) is 15.2. The van der Waals surface area contributed by atoms with Gasteiger partial charge in [0, 0.05) is 27.1 Å². The van der Waals surface area contributed by atoms with Crippen molar-refractivity contribution in [3.8, 4) is 56.4 Å². The Morgan fingerprint density at radius 2 is 0.836 bits per heavy atom. The lowest BCUT2D eigenvalue weighted by Crippen LogP contribution is -2.55. The Kier molecular flexibility index (Phi) is 7.70. The Morgan fingerprint density at radius 1 is 0.345 bits per heavy atom. The highest BCUT2D eigenvalue weighted by molar-refractivity contribution is 6.68. The zero-order valence-corrected chi connectivity index (χ0v) is 31.4. The van der Waals surface area contributed by atoms with Crippen LogP contribution in [0.15, 0.2) is 142 Å². The van der Waals surface area contributed by atoms with Crippen LogP contribution in [0.1, 0.15) is 0 Å². The Hall–Kier alpha value is -6.53. The van der Waals surface area contributed by atoms with Gasteiger partial charge in [-0.2, -0.15) is 0 Å². The summed E-state index contributed by atoms with van der Waals surface area (Å²) in [5.41, 5.74) is 17.3. The first kappa shape index (κ1) is 33.1. The topological polar surface area (TPSA) is 65.0 Å². The van der Waals surface area contributed by atoms with Crippen molar-refractivity contribution < 1.29 is 8.83 Å². The van der Waals surface area contributed by atoms with Crippen LogP contribution in [0.3, 0.4) is 0 Å². The van der Waals surface area contributed by atoms with Crippen molar-refractivity contribution >= 4 is 110 Å². The second kappa shape index (κ2) is 12.8. The van der Waals surface area contributed by atoms with Crippen LogP contribution in [0.4, 0.5) is 0 Å². The van der Waals surface area contributed by atoms with Crippen molar-refractivity contribution in [3.63, 3.8) is 0 Å². The van der Waals surface area contributed by atoms with E-state index in [2.05, 4.69) is 106 Å². The molecule has 254 valence electrons. The quantitative estimate of drug-likeness (QED) is 0.258. The number of rotatable bonds is 5. The number of hydrogen-bond donors (Lipinski definition) is 0. The number of fused-ring (bicyclic) bond motifs is 6. The molecule has 0 aliphatic carbocycles. The van der Waals surface area contributed by atoms with Gasteiger partial charge < -0.3 is 8.83 Å². The molecule has 0 spiro atoms. The van der Waals surface area contributed by atoms with Crippen LogP contribution < -0.4 is 27.3 Å². The maximum atomic E-state index is 6.65. The van der Waals surface area contributed by atoms with Crippen molar-refractivity contribution in [2.45, 2.75) is 0 Å². The van der Waals surface area contributed by atoms with Crippen LogP contribution in [-0.4, -0.2) is 54.2 Å². The molecular formula is C45H32B5N3O2. The zero-order valence-electron chi connectivity index (χ0n) is 31.4. The molecule has 0 N–H and O–H groups in total. The van der Waals surface area contributed by atoms with E-state index in [1.807, 2.05) is 66.7 Å². The molecule has 10 heteroatoms. The molecule has 0 atom stereocenters. The molecule has 3 aromatic heterocycles. The van der Waals surface area contributed by atoms with E-state index in [0.717, 1.165) is 71.7 Å². The van der Waals surface area contributed by atoms with Gasteiger partial charge >= 0.3 is 0 Å². The Morgan fingerprint density at radius 3 is 1.49 bits per heavy atom. The van der Waals surface area contributed by atoms with Gasteiger partial charge in [0.1, 0.15) is 61.6 Å².